The third-order valence-electron chi connectivity index (χ3n) is 3.47. The Kier molecular flexibility index (Phi) is 5.61. The van der Waals surface area contributed by atoms with Crippen LogP contribution < -0.4 is 4.74 Å². The van der Waals surface area contributed by atoms with Gasteiger partial charge in [0.15, 0.2) is 0 Å². The van der Waals surface area contributed by atoms with Gasteiger partial charge in [0.2, 0.25) is 0 Å². The highest BCUT2D eigenvalue weighted by Crippen LogP contribution is 2.29. The standard InChI is InChI=1S/C15H22F3NO2/c1-10-9-19-12(11(2)13(10)21-4)8-14(3,20)6-5-7-15(16,17)18/h9,20H,5-8H2,1-4H3. The average molecular weight is 305 g/mol. The Bertz CT molecular complexity index is 485. The minimum atomic E-state index is -4.18. The van der Waals surface area contributed by atoms with Gasteiger partial charge >= 0.3 is 6.18 Å². The van der Waals surface area contributed by atoms with Crippen LogP contribution >= 0.6 is 0 Å². The number of nitrogens with zero attached hydrogens (tertiary/aromatic N) is 1. The van der Waals surface area contributed by atoms with Crippen LogP contribution in [0.15, 0.2) is 6.20 Å². The lowest BCUT2D eigenvalue weighted by Crippen LogP contribution is -2.28. The number of aliphatic hydroxyl groups is 1. The van der Waals surface area contributed by atoms with Crippen LogP contribution in [0.2, 0.25) is 0 Å². The van der Waals surface area contributed by atoms with E-state index in [4.69, 9.17) is 4.74 Å². The first-order valence-corrected chi connectivity index (χ1v) is 6.84. The predicted octanol–water partition coefficient (Wildman–Crippen LogP) is 3.73. The number of pyridine rings is 1. The molecule has 1 aromatic rings. The van der Waals surface area contributed by atoms with E-state index in [1.165, 1.54) is 6.92 Å². The minimum Gasteiger partial charge on any atom is -0.496 e. The topological polar surface area (TPSA) is 42.4 Å². The summed E-state index contributed by atoms with van der Waals surface area (Å²) in [5.74, 6) is 0.700. The van der Waals surface area contributed by atoms with Gasteiger partial charge in [-0.25, -0.2) is 0 Å². The molecule has 0 aliphatic rings. The van der Waals surface area contributed by atoms with Crippen LogP contribution in [0.25, 0.3) is 0 Å². The highest BCUT2D eigenvalue weighted by atomic mass is 19.4. The van der Waals surface area contributed by atoms with Gasteiger partial charge in [0.25, 0.3) is 0 Å². The van der Waals surface area contributed by atoms with Gasteiger partial charge in [0, 0.05) is 35.9 Å². The van der Waals surface area contributed by atoms with Crippen LogP contribution in [0.4, 0.5) is 13.2 Å². The van der Waals surface area contributed by atoms with E-state index in [0.29, 0.717) is 11.4 Å². The Morgan fingerprint density at radius 1 is 1.24 bits per heavy atom. The fraction of sp³-hybridized carbons (Fsp3) is 0.667. The molecule has 1 rings (SSSR count). The van der Waals surface area contributed by atoms with E-state index >= 15 is 0 Å². The number of methoxy groups -OCH3 is 1. The third-order valence-corrected chi connectivity index (χ3v) is 3.47. The van der Waals surface area contributed by atoms with Crippen molar-refractivity contribution in [3.63, 3.8) is 0 Å². The van der Waals surface area contributed by atoms with Crippen molar-refractivity contribution in [1.82, 2.24) is 4.98 Å². The van der Waals surface area contributed by atoms with Crippen LogP contribution in [-0.4, -0.2) is 29.0 Å². The molecule has 0 spiro atoms. The molecule has 0 aliphatic heterocycles. The zero-order chi connectivity index (χ0) is 16.3. The summed E-state index contributed by atoms with van der Waals surface area (Å²) >= 11 is 0. The molecule has 3 nitrogen and oxygen atoms in total. The van der Waals surface area contributed by atoms with Gasteiger partial charge in [0.1, 0.15) is 5.75 Å². The van der Waals surface area contributed by atoms with E-state index in [-0.39, 0.29) is 19.3 Å². The first-order valence-electron chi connectivity index (χ1n) is 6.84. The second kappa shape index (κ2) is 6.64. The monoisotopic (exact) mass is 305 g/mol. The number of halogens is 3. The molecule has 120 valence electrons. The van der Waals surface area contributed by atoms with Gasteiger partial charge in [-0.2, -0.15) is 13.2 Å². The molecule has 0 aromatic carbocycles. The van der Waals surface area contributed by atoms with E-state index < -0.39 is 18.2 Å². The number of aromatic nitrogens is 1. The predicted molar refractivity (Wildman–Crippen MR) is 74.5 cm³/mol. The lowest BCUT2D eigenvalue weighted by molar-refractivity contribution is -0.137. The Morgan fingerprint density at radius 2 is 1.86 bits per heavy atom. The molecule has 0 saturated carbocycles. The Hall–Kier alpha value is -1.30. The lowest BCUT2D eigenvalue weighted by Gasteiger charge is -2.24. The molecule has 1 N–H and O–H groups in total. The molecule has 0 fully saturated rings. The second-order valence-electron chi connectivity index (χ2n) is 5.69. The molecular weight excluding hydrogens is 283 g/mol. The largest absolute Gasteiger partial charge is 0.496 e. The molecule has 0 amide bonds. The lowest BCUT2D eigenvalue weighted by atomic mass is 9.91. The summed E-state index contributed by atoms with van der Waals surface area (Å²) in [7, 11) is 1.56. The molecule has 6 heteroatoms. The first-order chi connectivity index (χ1) is 9.56. The summed E-state index contributed by atoms with van der Waals surface area (Å²) in [5.41, 5.74) is 1.13. The van der Waals surface area contributed by atoms with Gasteiger partial charge in [-0.15, -0.1) is 0 Å². The molecule has 0 radical (unpaired) electrons. The number of alkyl halides is 3. The number of rotatable bonds is 6. The van der Waals surface area contributed by atoms with Crippen LogP contribution in [0, 0.1) is 13.8 Å². The van der Waals surface area contributed by atoms with Crippen molar-refractivity contribution in [1.29, 1.82) is 0 Å². The maximum Gasteiger partial charge on any atom is 0.389 e. The average Bonchev–Trinajstić information content (AvgIpc) is 2.31. The van der Waals surface area contributed by atoms with Gasteiger partial charge in [-0.1, -0.05) is 0 Å². The van der Waals surface area contributed by atoms with Crippen LogP contribution in [0.3, 0.4) is 0 Å². The fourth-order valence-corrected chi connectivity index (χ4v) is 2.37. The summed E-state index contributed by atoms with van der Waals surface area (Å²) in [5, 5.41) is 10.3. The van der Waals surface area contributed by atoms with Crippen molar-refractivity contribution < 1.29 is 23.0 Å². The van der Waals surface area contributed by atoms with E-state index in [1.54, 1.807) is 13.3 Å². The van der Waals surface area contributed by atoms with Gasteiger partial charge in [0.05, 0.1) is 12.7 Å². The van der Waals surface area contributed by atoms with E-state index in [0.717, 1.165) is 11.1 Å². The minimum absolute atomic E-state index is 0.0732. The molecule has 1 atom stereocenters. The van der Waals surface area contributed by atoms with Gasteiger partial charge in [-0.05, 0) is 33.6 Å². The highest BCUT2D eigenvalue weighted by molar-refractivity contribution is 5.41. The van der Waals surface area contributed by atoms with Crippen molar-refractivity contribution >= 4 is 0 Å². The molecular formula is C15H22F3NO2. The van der Waals surface area contributed by atoms with Crippen molar-refractivity contribution in [2.75, 3.05) is 7.11 Å². The maximum atomic E-state index is 12.2. The van der Waals surface area contributed by atoms with Crippen molar-refractivity contribution in [3.8, 4) is 5.75 Å². The van der Waals surface area contributed by atoms with Crippen molar-refractivity contribution in [3.05, 3.63) is 23.0 Å². The molecule has 21 heavy (non-hydrogen) atoms. The summed E-state index contributed by atoms with van der Waals surface area (Å²) in [6.07, 6.45) is -3.24. The number of ether oxygens (including phenoxy) is 1. The van der Waals surface area contributed by atoms with Gasteiger partial charge < -0.3 is 9.84 Å². The highest BCUT2D eigenvalue weighted by Gasteiger charge is 2.29. The Labute approximate surface area is 123 Å². The SMILES string of the molecule is COc1c(C)cnc(CC(C)(O)CCCC(F)(F)F)c1C. The normalized spacial score (nSPS) is 14.9. The first kappa shape index (κ1) is 17.8. The van der Waals surface area contributed by atoms with E-state index in [1.807, 2.05) is 13.8 Å². The second-order valence-corrected chi connectivity index (χ2v) is 5.69. The molecule has 1 unspecified atom stereocenters. The zero-order valence-electron chi connectivity index (χ0n) is 12.8. The van der Waals surface area contributed by atoms with E-state index in [9.17, 15) is 18.3 Å². The van der Waals surface area contributed by atoms with E-state index in [2.05, 4.69) is 4.98 Å². The fourth-order valence-electron chi connectivity index (χ4n) is 2.37. The van der Waals surface area contributed by atoms with Crippen LogP contribution in [-0.2, 0) is 6.42 Å². The Balaban J connectivity index is 2.75. The number of aryl methyl sites for hydroxylation is 1. The number of hydrogen-bond acceptors (Lipinski definition) is 3. The van der Waals surface area contributed by atoms with Crippen LogP contribution in [0.1, 0.15) is 43.0 Å². The van der Waals surface area contributed by atoms with Crippen molar-refractivity contribution in [2.45, 2.75) is 58.2 Å². The zero-order valence-corrected chi connectivity index (χ0v) is 12.8. The van der Waals surface area contributed by atoms with Gasteiger partial charge in [-0.3, -0.25) is 4.98 Å². The molecule has 0 saturated heterocycles. The molecule has 0 aliphatic carbocycles. The summed E-state index contributed by atoms with van der Waals surface area (Å²) < 4.78 is 41.7. The summed E-state index contributed by atoms with van der Waals surface area (Å²) in [4.78, 5) is 4.27. The molecule has 1 aromatic heterocycles. The van der Waals surface area contributed by atoms with Crippen molar-refractivity contribution in [2.24, 2.45) is 0 Å². The maximum absolute atomic E-state index is 12.2. The smallest absolute Gasteiger partial charge is 0.389 e. The number of hydrogen-bond donors (Lipinski definition) is 1. The Morgan fingerprint density at radius 3 is 2.38 bits per heavy atom. The molecule has 0 bridgehead atoms. The summed E-state index contributed by atoms with van der Waals surface area (Å²) in [6.45, 7) is 5.24. The molecule has 1 heterocycles. The third kappa shape index (κ3) is 5.53. The summed E-state index contributed by atoms with van der Waals surface area (Å²) in [6, 6.07) is 0. The quantitative estimate of drug-likeness (QED) is 0.870. The van der Waals surface area contributed by atoms with Crippen LogP contribution in [0.5, 0.6) is 5.75 Å².